The van der Waals surface area contributed by atoms with Crippen LogP contribution in [0.5, 0.6) is 17.2 Å². The molecule has 2 aromatic rings. The average Bonchev–Trinajstić information content (AvgIpc) is 2.81. The van der Waals surface area contributed by atoms with E-state index in [9.17, 15) is 0 Å². The highest BCUT2D eigenvalue weighted by molar-refractivity contribution is 6.27. The fourth-order valence-electron chi connectivity index (χ4n) is 3.28. The van der Waals surface area contributed by atoms with Gasteiger partial charge in [-0.25, -0.2) is 9.59 Å². The summed E-state index contributed by atoms with van der Waals surface area (Å²) in [7, 11) is 4.98. The van der Waals surface area contributed by atoms with Gasteiger partial charge >= 0.3 is 11.9 Å². The van der Waals surface area contributed by atoms with Crippen molar-refractivity contribution in [1.29, 1.82) is 0 Å². The summed E-state index contributed by atoms with van der Waals surface area (Å²) in [6, 6.07) is 9.99. The van der Waals surface area contributed by atoms with E-state index in [1.807, 2.05) is 30.5 Å². The Kier molecular flexibility index (Phi) is 9.71. The Morgan fingerprint density at radius 3 is 1.84 bits per heavy atom. The van der Waals surface area contributed by atoms with Crippen LogP contribution in [0, 0.1) is 0 Å². The van der Waals surface area contributed by atoms with Crippen LogP contribution in [0.3, 0.4) is 0 Å². The summed E-state index contributed by atoms with van der Waals surface area (Å²) in [6.07, 6.45) is 1.86. The average molecular weight is 447 g/mol. The van der Waals surface area contributed by atoms with E-state index < -0.39 is 11.9 Å². The lowest BCUT2D eigenvalue weighted by molar-refractivity contribution is -0.159. The number of nitrogens with zero attached hydrogens (tertiary/aromatic N) is 3. The molecule has 1 fully saturated rings. The van der Waals surface area contributed by atoms with Crippen molar-refractivity contribution < 1.29 is 34.0 Å². The number of methoxy groups -OCH3 is 3. The van der Waals surface area contributed by atoms with Gasteiger partial charge in [0.15, 0.2) is 11.5 Å². The molecule has 32 heavy (non-hydrogen) atoms. The Labute approximate surface area is 186 Å². The second kappa shape index (κ2) is 12.5. The van der Waals surface area contributed by atoms with Crippen molar-refractivity contribution >= 4 is 11.9 Å². The number of carboxylic acid groups (broad SMARTS) is 2. The Morgan fingerprint density at radius 2 is 1.38 bits per heavy atom. The first-order chi connectivity index (χ1) is 15.4. The third-order valence-electron chi connectivity index (χ3n) is 4.94. The molecule has 1 aromatic heterocycles. The molecule has 2 heterocycles. The number of rotatable bonds is 7. The predicted octanol–water partition coefficient (Wildman–Crippen LogP) is 1.58. The third kappa shape index (κ3) is 7.40. The summed E-state index contributed by atoms with van der Waals surface area (Å²) < 4.78 is 16.3. The van der Waals surface area contributed by atoms with Gasteiger partial charge in [0.05, 0.1) is 27.0 Å². The molecule has 10 nitrogen and oxygen atoms in total. The molecule has 0 aliphatic carbocycles. The van der Waals surface area contributed by atoms with Gasteiger partial charge in [-0.15, -0.1) is 0 Å². The summed E-state index contributed by atoms with van der Waals surface area (Å²) in [5.74, 6) is -1.39. The van der Waals surface area contributed by atoms with E-state index in [1.165, 1.54) is 0 Å². The number of aliphatic carboxylic acids is 2. The first-order valence-corrected chi connectivity index (χ1v) is 9.97. The van der Waals surface area contributed by atoms with Gasteiger partial charge in [-0.2, -0.15) is 0 Å². The van der Waals surface area contributed by atoms with E-state index >= 15 is 0 Å². The van der Waals surface area contributed by atoms with Gasteiger partial charge in [-0.05, 0) is 18.2 Å². The van der Waals surface area contributed by atoms with E-state index in [1.54, 1.807) is 21.3 Å². The van der Waals surface area contributed by atoms with Gasteiger partial charge in [0.2, 0.25) is 0 Å². The smallest absolute Gasteiger partial charge is 0.414 e. The number of carboxylic acids is 2. The highest BCUT2D eigenvalue weighted by atomic mass is 16.5. The molecule has 0 spiro atoms. The lowest BCUT2D eigenvalue weighted by Crippen LogP contribution is -2.45. The Balaban J connectivity index is 0.000000534. The highest BCUT2D eigenvalue weighted by Gasteiger charge is 2.20. The second-order valence-electron chi connectivity index (χ2n) is 7.00. The summed E-state index contributed by atoms with van der Waals surface area (Å²) in [5.41, 5.74) is 2.24. The fraction of sp³-hybridized carbons (Fsp3) is 0.409. The maximum atomic E-state index is 9.10. The fourth-order valence-corrected chi connectivity index (χ4v) is 3.28. The zero-order valence-corrected chi connectivity index (χ0v) is 18.5. The third-order valence-corrected chi connectivity index (χ3v) is 4.94. The van der Waals surface area contributed by atoms with E-state index in [0.29, 0.717) is 5.75 Å². The summed E-state index contributed by atoms with van der Waals surface area (Å²) in [5, 5.41) is 14.8. The van der Waals surface area contributed by atoms with Gasteiger partial charge in [-0.3, -0.25) is 14.8 Å². The molecule has 174 valence electrons. The molecule has 1 aromatic carbocycles. The monoisotopic (exact) mass is 447 g/mol. The molecule has 1 aliphatic rings. The van der Waals surface area contributed by atoms with Crippen LogP contribution < -0.4 is 14.2 Å². The van der Waals surface area contributed by atoms with Crippen LogP contribution in [0.2, 0.25) is 0 Å². The first-order valence-electron chi connectivity index (χ1n) is 9.97. The molecule has 0 radical (unpaired) electrons. The molecule has 2 N–H and O–H groups in total. The summed E-state index contributed by atoms with van der Waals surface area (Å²) in [6.45, 7) is 5.85. The second-order valence-corrected chi connectivity index (χ2v) is 7.00. The van der Waals surface area contributed by atoms with Crippen molar-refractivity contribution in [2.75, 3.05) is 47.5 Å². The summed E-state index contributed by atoms with van der Waals surface area (Å²) in [4.78, 5) is 27.5. The quantitative estimate of drug-likeness (QED) is 0.605. The lowest BCUT2D eigenvalue weighted by atomic mass is 10.1. The maximum absolute atomic E-state index is 9.10. The predicted molar refractivity (Wildman–Crippen MR) is 116 cm³/mol. The molecule has 10 heteroatoms. The van der Waals surface area contributed by atoms with Gasteiger partial charge in [0.25, 0.3) is 0 Å². The van der Waals surface area contributed by atoms with Crippen molar-refractivity contribution in [3.05, 3.63) is 47.8 Å². The molecule has 1 saturated heterocycles. The number of benzene rings is 1. The van der Waals surface area contributed by atoms with Crippen LogP contribution >= 0.6 is 0 Å². The molecule has 1 aliphatic heterocycles. The van der Waals surface area contributed by atoms with Crippen LogP contribution in [0.1, 0.15) is 11.3 Å². The molecule has 0 saturated carbocycles. The molecule has 0 bridgehead atoms. The molecule has 0 unspecified atom stereocenters. The van der Waals surface area contributed by atoms with E-state index in [2.05, 4.69) is 20.9 Å². The summed E-state index contributed by atoms with van der Waals surface area (Å²) >= 11 is 0. The van der Waals surface area contributed by atoms with Gasteiger partial charge in [-0.1, -0.05) is 6.07 Å². The zero-order chi connectivity index (χ0) is 23.5. The minimum atomic E-state index is -1.82. The number of aromatic nitrogens is 1. The maximum Gasteiger partial charge on any atom is 0.414 e. The Bertz CT molecular complexity index is 873. The van der Waals surface area contributed by atoms with Crippen LogP contribution in [0.4, 0.5) is 0 Å². The number of pyridine rings is 1. The van der Waals surface area contributed by atoms with Crippen LogP contribution in [0.15, 0.2) is 36.5 Å². The number of carbonyl (C=O) groups is 2. The number of piperazine rings is 1. The van der Waals surface area contributed by atoms with Gasteiger partial charge in [0.1, 0.15) is 5.75 Å². The molecule has 0 atom stereocenters. The Hall–Kier alpha value is -3.37. The topological polar surface area (TPSA) is 122 Å². The number of ether oxygens (including phenoxy) is 3. The molecular weight excluding hydrogens is 418 g/mol. The van der Waals surface area contributed by atoms with Crippen molar-refractivity contribution in [3.8, 4) is 17.2 Å². The van der Waals surface area contributed by atoms with Crippen molar-refractivity contribution in [3.63, 3.8) is 0 Å². The van der Waals surface area contributed by atoms with Crippen molar-refractivity contribution in [2.24, 2.45) is 0 Å². The van der Waals surface area contributed by atoms with Crippen LogP contribution in [-0.4, -0.2) is 84.4 Å². The first kappa shape index (κ1) is 24.9. The van der Waals surface area contributed by atoms with Crippen molar-refractivity contribution in [1.82, 2.24) is 14.8 Å². The number of hydrogen-bond acceptors (Lipinski definition) is 8. The Morgan fingerprint density at radius 1 is 0.844 bits per heavy atom. The SMILES string of the molecule is COc1cc(OC)c(OC)cc1CN1CCN(Cc2ccccn2)CC1.O=C(O)C(=O)O. The number of hydrogen-bond donors (Lipinski definition) is 2. The minimum absolute atomic E-state index is 0.688. The van der Waals surface area contributed by atoms with Crippen LogP contribution in [0.25, 0.3) is 0 Å². The zero-order valence-electron chi connectivity index (χ0n) is 18.5. The van der Waals surface area contributed by atoms with E-state index in [0.717, 1.165) is 62.0 Å². The van der Waals surface area contributed by atoms with Crippen molar-refractivity contribution in [2.45, 2.75) is 13.1 Å². The lowest BCUT2D eigenvalue weighted by Gasteiger charge is -2.34. The normalized spacial score (nSPS) is 14.1. The highest BCUT2D eigenvalue weighted by Crippen LogP contribution is 2.35. The van der Waals surface area contributed by atoms with Crippen LogP contribution in [-0.2, 0) is 22.7 Å². The molecule has 3 rings (SSSR count). The van der Waals surface area contributed by atoms with Gasteiger partial charge < -0.3 is 24.4 Å². The largest absolute Gasteiger partial charge is 0.496 e. The minimum Gasteiger partial charge on any atom is -0.496 e. The molecule has 0 amide bonds. The van der Waals surface area contributed by atoms with Gasteiger partial charge in [0, 0.05) is 57.1 Å². The van der Waals surface area contributed by atoms with E-state index in [-0.39, 0.29) is 0 Å². The molecular formula is C22H29N3O7. The standard InChI is InChI=1S/C20H27N3O3.C2H2O4/c1-24-18-13-20(26-3)19(25-2)12-16(18)14-22-8-10-23(11-9-22)15-17-6-4-5-7-21-17;3-1(4)2(5)6/h4-7,12-13H,8-11,14-15H2,1-3H3;(H,3,4)(H,5,6). The van der Waals surface area contributed by atoms with E-state index in [4.69, 9.17) is 34.0 Å².